The molecular formula is C23H26F5NO2. The van der Waals surface area contributed by atoms with Crippen molar-refractivity contribution in [1.82, 2.24) is 0 Å². The lowest BCUT2D eigenvalue weighted by Crippen LogP contribution is -2.44. The summed E-state index contributed by atoms with van der Waals surface area (Å²) in [6.45, 7) is 5.71. The molecule has 0 aromatic heterocycles. The molecule has 0 aliphatic rings. The quantitative estimate of drug-likeness (QED) is 0.369. The Morgan fingerprint density at radius 1 is 1.13 bits per heavy atom. The van der Waals surface area contributed by atoms with E-state index in [0.29, 0.717) is 41.8 Å². The van der Waals surface area contributed by atoms with Crippen LogP contribution in [0.5, 0.6) is 5.75 Å². The molecule has 31 heavy (non-hydrogen) atoms. The van der Waals surface area contributed by atoms with Crippen LogP contribution in [0.1, 0.15) is 49.8 Å². The lowest BCUT2D eigenvalue weighted by atomic mass is 9.83. The van der Waals surface area contributed by atoms with Crippen molar-refractivity contribution in [3.8, 4) is 5.75 Å². The molecule has 0 amide bonds. The van der Waals surface area contributed by atoms with Crippen molar-refractivity contribution in [2.75, 3.05) is 7.11 Å². The topological polar surface area (TPSA) is 41.8 Å². The molecule has 8 heteroatoms. The van der Waals surface area contributed by atoms with Gasteiger partial charge in [0, 0.05) is 23.4 Å². The number of halogens is 5. The van der Waals surface area contributed by atoms with E-state index in [-0.39, 0.29) is 5.75 Å². The minimum Gasteiger partial charge on any atom is -0.496 e. The van der Waals surface area contributed by atoms with Gasteiger partial charge in [0.2, 0.25) is 5.60 Å². The fourth-order valence-electron chi connectivity index (χ4n) is 3.22. The van der Waals surface area contributed by atoms with Crippen LogP contribution in [-0.4, -0.2) is 24.6 Å². The molecule has 2 atom stereocenters. The van der Waals surface area contributed by atoms with Crippen molar-refractivity contribution < 1.29 is 31.8 Å². The molecule has 0 spiro atoms. The minimum atomic E-state index is -5.36. The first-order valence-electron chi connectivity index (χ1n) is 9.91. The Balaban J connectivity index is 2.59. The number of hydrogen-bond acceptors (Lipinski definition) is 3. The summed E-state index contributed by atoms with van der Waals surface area (Å²) in [7, 11) is 1.13. The summed E-state index contributed by atoms with van der Waals surface area (Å²) in [6, 6.07) is 3.83. The molecule has 0 radical (unpaired) electrons. The molecule has 2 aromatic carbocycles. The Morgan fingerprint density at radius 2 is 1.81 bits per heavy atom. The van der Waals surface area contributed by atoms with Gasteiger partial charge in [-0.1, -0.05) is 20.3 Å². The van der Waals surface area contributed by atoms with Crippen molar-refractivity contribution in [2.24, 2.45) is 10.9 Å². The van der Waals surface area contributed by atoms with E-state index in [4.69, 9.17) is 4.74 Å². The molecule has 0 saturated heterocycles. The highest BCUT2D eigenvalue weighted by Gasteiger charge is 2.59. The fraction of sp³-hybridized carbons (Fsp3) is 0.435. The van der Waals surface area contributed by atoms with E-state index in [9.17, 15) is 27.1 Å². The summed E-state index contributed by atoms with van der Waals surface area (Å²) in [5.41, 5.74) is -5.15. The number of aryl methyl sites for hydroxylation is 1. The van der Waals surface area contributed by atoms with Gasteiger partial charge in [0.1, 0.15) is 17.4 Å². The van der Waals surface area contributed by atoms with Gasteiger partial charge in [0.25, 0.3) is 0 Å². The van der Waals surface area contributed by atoms with Crippen LogP contribution in [-0.2, 0) is 5.60 Å². The molecule has 170 valence electrons. The van der Waals surface area contributed by atoms with Crippen molar-refractivity contribution in [3.05, 3.63) is 58.7 Å². The van der Waals surface area contributed by atoms with E-state index in [1.807, 2.05) is 0 Å². The number of aliphatic hydroxyl groups is 1. The van der Waals surface area contributed by atoms with E-state index in [1.165, 1.54) is 13.0 Å². The van der Waals surface area contributed by atoms with E-state index in [2.05, 4.69) is 18.8 Å². The molecule has 0 aliphatic carbocycles. The van der Waals surface area contributed by atoms with Gasteiger partial charge in [-0.15, -0.1) is 0 Å². The first-order valence-corrected chi connectivity index (χ1v) is 9.91. The highest BCUT2D eigenvalue weighted by Crippen LogP contribution is 2.49. The van der Waals surface area contributed by atoms with Crippen LogP contribution in [0.3, 0.4) is 0 Å². The van der Waals surface area contributed by atoms with Gasteiger partial charge in [-0.25, -0.2) is 8.78 Å². The monoisotopic (exact) mass is 443 g/mol. The van der Waals surface area contributed by atoms with Crippen LogP contribution in [0.2, 0.25) is 0 Å². The Kier molecular flexibility index (Phi) is 7.81. The molecule has 0 bridgehead atoms. The summed E-state index contributed by atoms with van der Waals surface area (Å²) >= 11 is 0. The normalized spacial score (nSPS) is 15.2. The van der Waals surface area contributed by atoms with Crippen molar-refractivity contribution >= 4 is 11.9 Å². The third-order valence-corrected chi connectivity index (χ3v) is 5.35. The van der Waals surface area contributed by atoms with Gasteiger partial charge < -0.3 is 9.84 Å². The van der Waals surface area contributed by atoms with Gasteiger partial charge in [0.15, 0.2) is 0 Å². The van der Waals surface area contributed by atoms with Gasteiger partial charge in [-0.3, -0.25) is 4.99 Å². The largest absolute Gasteiger partial charge is 0.496 e. The second kappa shape index (κ2) is 9.77. The van der Waals surface area contributed by atoms with Crippen LogP contribution < -0.4 is 4.74 Å². The second-order valence-electron chi connectivity index (χ2n) is 7.57. The first-order chi connectivity index (χ1) is 14.4. The summed E-state index contributed by atoms with van der Waals surface area (Å²) in [5, 5.41) is 10.8. The van der Waals surface area contributed by atoms with Crippen LogP contribution >= 0.6 is 0 Å². The maximum Gasteiger partial charge on any atom is 0.426 e. The Morgan fingerprint density at radius 3 is 2.39 bits per heavy atom. The van der Waals surface area contributed by atoms with Crippen molar-refractivity contribution in [3.63, 3.8) is 0 Å². The van der Waals surface area contributed by atoms with Crippen LogP contribution in [0.25, 0.3) is 0 Å². The maximum atomic E-state index is 14.3. The van der Waals surface area contributed by atoms with E-state index in [1.54, 1.807) is 6.21 Å². The minimum absolute atomic E-state index is 0.315. The number of benzene rings is 2. The summed E-state index contributed by atoms with van der Waals surface area (Å²) in [6.07, 6.45) is -1.04. The lowest BCUT2D eigenvalue weighted by Gasteiger charge is -2.33. The summed E-state index contributed by atoms with van der Waals surface area (Å²) in [5.74, 6) is -2.33. The third kappa shape index (κ3) is 5.23. The number of alkyl halides is 3. The number of methoxy groups -OCH3 is 1. The molecule has 2 aromatic rings. The molecule has 1 N–H and O–H groups in total. The van der Waals surface area contributed by atoms with Gasteiger partial charge in [-0.05, 0) is 55.5 Å². The lowest BCUT2D eigenvalue weighted by molar-refractivity contribution is -0.249. The van der Waals surface area contributed by atoms with Gasteiger partial charge in [0.05, 0.1) is 12.8 Å². The Hall–Kier alpha value is -2.48. The SMILES string of the molecule is CCC(C)CCC=Nc1cc(OC)c(C(O)(c2cc(F)ccc2F)C(F)(F)F)cc1C. The second-order valence-corrected chi connectivity index (χ2v) is 7.57. The smallest absolute Gasteiger partial charge is 0.426 e. The van der Waals surface area contributed by atoms with E-state index in [0.717, 1.165) is 26.0 Å². The Labute approximate surface area is 178 Å². The summed E-state index contributed by atoms with van der Waals surface area (Å²) < 4.78 is 75.3. The van der Waals surface area contributed by atoms with Crippen LogP contribution in [0, 0.1) is 24.5 Å². The van der Waals surface area contributed by atoms with Crippen molar-refractivity contribution in [1.29, 1.82) is 0 Å². The zero-order valence-corrected chi connectivity index (χ0v) is 17.9. The molecule has 2 rings (SSSR count). The van der Waals surface area contributed by atoms with Gasteiger partial charge >= 0.3 is 6.18 Å². The van der Waals surface area contributed by atoms with Crippen LogP contribution in [0.4, 0.5) is 27.6 Å². The standard InChI is InChI=1S/C23H26F5NO2/c1-5-14(2)7-6-10-29-20-13-21(31-4)18(11-15(20)3)22(30,23(26,27)28)17-12-16(24)8-9-19(17)25/h8-14,30H,5-7H2,1-4H3. The van der Waals surface area contributed by atoms with Crippen LogP contribution in [0.15, 0.2) is 35.3 Å². The first kappa shape index (κ1) is 24.8. The predicted molar refractivity (Wildman–Crippen MR) is 110 cm³/mol. The molecule has 0 aliphatic heterocycles. The average Bonchev–Trinajstić information content (AvgIpc) is 2.71. The zero-order chi connectivity index (χ0) is 23.4. The Bertz CT molecular complexity index is 942. The molecule has 0 heterocycles. The molecule has 0 saturated carbocycles. The molecular weight excluding hydrogens is 417 g/mol. The van der Waals surface area contributed by atoms with Crippen molar-refractivity contribution in [2.45, 2.75) is 51.8 Å². The average molecular weight is 443 g/mol. The third-order valence-electron chi connectivity index (χ3n) is 5.35. The van der Waals surface area contributed by atoms with E-state index >= 15 is 0 Å². The maximum absolute atomic E-state index is 14.3. The number of ether oxygens (including phenoxy) is 1. The number of rotatable bonds is 8. The van der Waals surface area contributed by atoms with E-state index < -0.39 is 34.5 Å². The number of hydrogen-bond donors (Lipinski definition) is 1. The zero-order valence-electron chi connectivity index (χ0n) is 17.9. The van der Waals surface area contributed by atoms with Gasteiger partial charge in [-0.2, -0.15) is 13.2 Å². The predicted octanol–water partition coefficient (Wildman–Crippen LogP) is 6.61. The number of aliphatic imine (C=N–C) groups is 1. The molecule has 0 fully saturated rings. The fourth-order valence-corrected chi connectivity index (χ4v) is 3.22. The summed E-state index contributed by atoms with van der Waals surface area (Å²) in [4.78, 5) is 4.31. The molecule has 3 nitrogen and oxygen atoms in total. The number of nitrogens with zero attached hydrogens (tertiary/aromatic N) is 1. The highest BCUT2D eigenvalue weighted by atomic mass is 19.4. The molecule has 2 unspecified atom stereocenters. The highest BCUT2D eigenvalue weighted by molar-refractivity contribution is 5.67.